The van der Waals surface area contributed by atoms with Crippen molar-refractivity contribution < 1.29 is 14.7 Å². The molecule has 2 aliphatic rings. The minimum atomic E-state index is -0.908. The first-order chi connectivity index (χ1) is 16.9. The van der Waals surface area contributed by atoms with E-state index >= 15 is 0 Å². The van der Waals surface area contributed by atoms with Crippen molar-refractivity contribution in [3.05, 3.63) is 64.1 Å². The van der Waals surface area contributed by atoms with Gasteiger partial charge in [0.05, 0.1) is 23.0 Å². The summed E-state index contributed by atoms with van der Waals surface area (Å²) in [5.41, 5.74) is 2.40. The minimum Gasteiger partial charge on any atom is -0.481 e. The number of hydrogen-bond donors (Lipinski definition) is 1. The predicted octanol–water partition coefficient (Wildman–Crippen LogP) is 5.03. The SMILES string of the molecule is O=C(O)[C@@H]1CC=CC[C@H]1C(=O)N1CCN(c2nc(-c3ccccc3Cl)c3cc(Br)ccc3n2)CC1. The number of benzene rings is 2. The van der Waals surface area contributed by atoms with Crippen molar-refractivity contribution in [1.29, 1.82) is 0 Å². The molecule has 9 heteroatoms. The number of piperazine rings is 1. The molecule has 3 aromatic rings. The lowest BCUT2D eigenvalue weighted by Gasteiger charge is -2.37. The minimum absolute atomic E-state index is 0.0811. The Balaban J connectivity index is 1.40. The number of carbonyl (C=O) groups is 2. The fourth-order valence-corrected chi connectivity index (χ4v) is 5.40. The number of aliphatic carboxylic acids is 1. The van der Waals surface area contributed by atoms with Gasteiger partial charge in [-0.05, 0) is 37.1 Å². The Hall–Kier alpha value is -2.97. The largest absolute Gasteiger partial charge is 0.481 e. The van der Waals surface area contributed by atoms with Crippen LogP contribution in [0.5, 0.6) is 0 Å². The Bertz CT molecular complexity index is 1320. The zero-order valence-corrected chi connectivity index (χ0v) is 21.2. The lowest BCUT2D eigenvalue weighted by atomic mass is 9.82. The number of hydrogen-bond acceptors (Lipinski definition) is 5. The van der Waals surface area contributed by atoms with Crippen molar-refractivity contribution in [3.63, 3.8) is 0 Å². The number of fused-ring (bicyclic) bond motifs is 1. The van der Waals surface area contributed by atoms with E-state index in [1.807, 2.05) is 54.6 Å². The number of carboxylic acids is 1. The third-order valence-corrected chi connectivity index (χ3v) is 7.54. The number of halogens is 2. The molecule has 5 rings (SSSR count). The van der Waals surface area contributed by atoms with E-state index in [1.165, 1.54) is 0 Å². The molecule has 0 spiro atoms. The Morgan fingerprint density at radius 2 is 1.69 bits per heavy atom. The number of nitrogens with zero attached hydrogens (tertiary/aromatic N) is 4. The second-order valence-corrected chi connectivity index (χ2v) is 10.1. The van der Waals surface area contributed by atoms with E-state index < -0.39 is 17.8 Å². The molecule has 7 nitrogen and oxygen atoms in total. The highest BCUT2D eigenvalue weighted by atomic mass is 79.9. The second-order valence-electron chi connectivity index (χ2n) is 8.82. The van der Waals surface area contributed by atoms with Gasteiger partial charge >= 0.3 is 5.97 Å². The van der Waals surface area contributed by atoms with Crippen LogP contribution in [0.2, 0.25) is 5.02 Å². The summed E-state index contributed by atoms with van der Waals surface area (Å²) in [6, 6.07) is 13.5. The van der Waals surface area contributed by atoms with Gasteiger partial charge in [0.15, 0.2) is 0 Å². The predicted molar refractivity (Wildman–Crippen MR) is 139 cm³/mol. The summed E-state index contributed by atoms with van der Waals surface area (Å²) in [6.45, 7) is 2.12. The van der Waals surface area contributed by atoms with Gasteiger partial charge in [0.1, 0.15) is 0 Å². The van der Waals surface area contributed by atoms with Crippen LogP contribution in [0.1, 0.15) is 12.8 Å². The molecule has 1 aromatic heterocycles. The third kappa shape index (κ3) is 4.77. The van der Waals surface area contributed by atoms with E-state index in [2.05, 4.69) is 20.8 Å². The fraction of sp³-hybridized carbons (Fsp3) is 0.308. The molecule has 1 aliphatic carbocycles. The first kappa shape index (κ1) is 23.8. The van der Waals surface area contributed by atoms with Crippen LogP contribution in [0, 0.1) is 11.8 Å². The first-order valence-electron chi connectivity index (χ1n) is 11.6. The van der Waals surface area contributed by atoms with Crippen molar-refractivity contribution >= 4 is 56.3 Å². The summed E-state index contributed by atoms with van der Waals surface area (Å²) in [6.07, 6.45) is 4.64. The van der Waals surface area contributed by atoms with Crippen LogP contribution >= 0.6 is 27.5 Å². The van der Waals surface area contributed by atoms with E-state index in [0.29, 0.717) is 50.0 Å². The number of anilines is 1. The van der Waals surface area contributed by atoms with E-state index in [0.717, 1.165) is 26.6 Å². The van der Waals surface area contributed by atoms with Gasteiger partial charge in [0, 0.05) is 46.6 Å². The normalized spacial score (nSPS) is 20.3. The Labute approximate surface area is 216 Å². The highest BCUT2D eigenvalue weighted by Crippen LogP contribution is 2.34. The maximum absolute atomic E-state index is 13.2. The standard InChI is InChI=1S/C26H24BrClN4O3/c27-16-9-10-22-20(15-16)23(19-7-3-4-8-21(19)28)30-26(29-22)32-13-11-31(12-14-32)24(33)17-5-1-2-6-18(17)25(34)35/h1-4,7-10,15,17-18H,5-6,11-14H2,(H,34,35)/t17-,18-/m1/s1. The highest BCUT2D eigenvalue weighted by Gasteiger charge is 2.37. The summed E-state index contributed by atoms with van der Waals surface area (Å²) in [7, 11) is 0. The van der Waals surface area contributed by atoms with Crippen molar-refractivity contribution in [2.75, 3.05) is 31.1 Å². The van der Waals surface area contributed by atoms with Crippen LogP contribution < -0.4 is 4.90 Å². The van der Waals surface area contributed by atoms with Crippen molar-refractivity contribution in [2.45, 2.75) is 12.8 Å². The second kappa shape index (κ2) is 9.95. The molecule has 2 heterocycles. The summed E-state index contributed by atoms with van der Waals surface area (Å²) in [5, 5.41) is 11.1. The number of amides is 1. The van der Waals surface area contributed by atoms with E-state index in [9.17, 15) is 14.7 Å². The molecule has 1 amide bonds. The number of allylic oxidation sites excluding steroid dienone is 2. The highest BCUT2D eigenvalue weighted by molar-refractivity contribution is 9.10. The van der Waals surface area contributed by atoms with Crippen LogP contribution in [0.3, 0.4) is 0 Å². The molecule has 1 fully saturated rings. The molecule has 35 heavy (non-hydrogen) atoms. The molecule has 2 atom stereocenters. The van der Waals surface area contributed by atoms with Gasteiger partial charge < -0.3 is 14.9 Å². The Kier molecular flexibility index (Phi) is 6.75. The average molecular weight is 556 g/mol. The molecule has 0 saturated carbocycles. The molecule has 0 bridgehead atoms. The Morgan fingerprint density at radius 1 is 0.971 bits per heavy atom. The lowest BCUT2D eigenvalue weighted by Crippen LogP contribution is -2.52. The monoisotopic (exact) mass is 554 g/mol. The number of carboxylic acid groups (broad SMARTS) is 1. The molecule has 0 radical (unpaired) electrons. The fourth-order valence-electron chi connectivity index (χ4n) is 4.81. The van der Waals surface area contributed by atoms with E-state index in [1.54, 1.807) is 4.90 Å². The quantitative estimate of drug-likeness (QED) is 0.455. The molecule has 2 aromatic carbocycles. The molecule has 180 valence electrons. The van der Waals surface area contributed by atoms with Crippen molar-refractivity contribution in [3.8, 4) is 11.3 Å². The van der Waals surface area contributed by atoms with Crippen molar-refractivity contribution in [1.82, 2.24) is 14.9 Å². The summed E-state index contributed by atoms with van der Waals surface area (Å²) < 4.78 is 0.930. The van der Waals surface area contributed by atoms with E-state index in [4.69, 9.17) is 21.6 Å². The number of carbonyl (C=O) groups excluding carboxylic acids is 1. The van der Waals surface area contributed by atoms with E-state index in [-0.39, 0.29) is 5.91 Å². The van der Waals surface area contributed by atoms with Crippen LogP contribution in [0.15, 0.2) is 59.1 Å². The molecular weight excluding hydrogens is 532 g/mol. The van der Waals surface area contributed by atoms with Gasteiger partial charge in [-0.15, -0.1) is 0 Å². The summed E-state index contributed by atoms with van der Waals surface area (Å²) >= 11 is 10.1. The molecular formula is C26H24BrClN4O3. The zero-order chi connectivity index (χ0) is 24.5. The maximum atomic E-state index is 13.2. The lowest BCUT2D eigenvalue weighted by molar-refractivity contribution is -0.150. The van der Waals surface area contributed by atoms with Crippen LogP contribution in [-0.4, -0.2) is 58.0 Å². The van der Waals surface area contributed by atoms with Crippen LogP contribution in [-0.2, 0) is 9.59 Å². The summed E-state index contributed by atoms with van der Waals surface area (Å²) in [5.74, 6) is -1.57. The smallest absolute Gasteiger partial charge is 0.307 e. The van der Waals surface area contributed by atoms with Crippen LogP contribution in [0.25, 0.3) is 22.2 Å². The van der Waals surface area contributed by atoms with Gasteiger partial charge in [0.2, 0.25) is 11.9 Å². The molecule has 1 aliphatic heterocycles. The van der Waals surface area contributed by atoms with Gasteiger partial charge in [-0.25, -0.2) is 9.97 Å². The molecule has 1 saturated heterocycles. The van der Waals surface area contributed by atoms with Gasteiger partial charge in [-0.3, -0.25) is 9.59 Å². The van der Waals surface area contributed by atoms with Crippen molar-refractivity contribution in [2.24, 2.45) is 11.8 Å². The first-order valence-corrected chi connectivity index (χ1v) is 12.7. The van der Waals surface area contributed by atoms with Gasteiger partial charge in [0.25, 0.3) is 0 Å². The Morgan fingerprint density at radius 3 is 2.40 bits per heavy atom. The maximum Gasteiger partial charge on any atom is 0.307 e. The summed E-state index contributed by atoms with van der Waals surface area (Å²) in [4.78, 5) is 38.4. The average Bonchev–Trinajstić information content (AvgIpc) is 2.88. The number of aromatic nitrogens is 2. The van der Waals surface area contributed by atoms with Gasteiger partial charge in [-0.2, -0.15) is 0 Å². The molecule has 0 unspecified atom stereocenters. The van der Waals surface area contributed by atoms with Gasteiger partial charge in [-0.1, -0.05) is 57.9 Å². The molecule has 1 N–H and O–H groups in total. The van der Waals surface area contributed by atoms with Crippen LogP contribution in [0.4, 0.5) is 5.95 Å². The zero-order valence-electron chi connectivity index (χ0n) is 18.9. The topological polar surface area (TPSA) is 86.6 Å². The number of rotatable bonds is 4. The third-order valence-electron chi connectivity index (χ3n) is 6.72.